The van der Waals surface area contributed by atoms with Crippen molar-refractivity contribution in [1.82, 2.24) is 4.72 Å². The summed E-state index contributed by atoms with van der Waals surface area (Å²) in [5.41, 5.74) is 0.553. The van der Waals surface area contributed by atoms with Gasteiger partial charge < -0.3 is 4.79 Å². The number of rotatable bonds is 6. The number of aryl methyl sites for hydroxylation is 1. The molecule has 3 rings (SSSR count). The van der Waals surface area contributed by atoms with E-state index in [2.05, 4.69) is 4.72 Å². The highest BCUT2D eigenvalue weighted by molar-refractivity contribution is 7.89. The van der Waals surface area contributed by atoms with Gasteiger partial charge in [-0.1, -0.05) is 78.4 Å². The molecule has 0 spiro atoms. The first kappa shape index (κ1) is 18.0. The van der Waals surface area contributed by atoms with E-state index < -0.39 is 15.6 Å². The maximum Gasteiger partial charge on any atom is 0.242 e. The van der Waals surface area contributed by atoms with E-state index >= 15 is 0 Å². The van der Waals surface area contributed by atoms with Crippen molar-refractivity contribution in [2.24, 2.45) is 0 Å². The maximum atomic E-state index is 13.0. The Labute approximate surface area is 153 Å². The Morgan fingerprint density at radius 1 is 0.769 bits per heavy atom. The lowest BCUT2D eigenvalue weighted by atomic mass is 9.85. The monoisotopic (exact) mass is 365 g/mol. The van der Waals surface area contributed by atoms with E-state index in [9.17, 15) is 13.2 Å². The van der Waals surface area contributed by atoms with Crippen LogP contribution in [0.1, 0.15) is 16.7 Å². The molecule has 0 atom stereocenters. The quantitative estimate of drug-likeness (QED) is 0.681. The van der Waals surface area contributed by atoms with Crippen LogP contribution in [0.4, 0.5) is 0 Å². The summed E-state index contributed by atoms with van der Waals surface area (Å²) in [5, 5.41) is 0. The van der Waals surface area contributed by atoms with Gasteiger partial charge in [-0.2, -0.15) is 4.72 Å². The van der Waals surface area contributed by atoms with Crippen LogP contribution < -0.4 is 4.72 Å². The Hall–Kier alpha value is -2.76. The van der Waals surface area contributed by atoms with Gasteiger partial charge in [-0.05, 0) is 30.2 Å². The van der Waals surface area contributed by atoms with Crippen molar-refractivity contribution in [3.05, 3.63) is 102 Å². The Morgan fingerprint density at radius 3 is 1.65 bits per heavy atom. The van der Waals surface area contributed by atoms with E-state index in [0.29, 0.717) is 17.4 Å². The van der Waals surface area contributed by atoms with Gasteiger partial charge in [0.05, 0.1) is 4.90 Å². The van der Waals surface area contributed by atoms with Gasteiger partial charge in [0.15, 0.2) is 0 Å². The molecule has 3 aromatic rings. The molecule has 0 aliphatic rings. The molecule has 0 bridgehead atoms. The molecule has 3 aromatic carbocycles. The average Bonchev–Trinajstić information content (AvgIpc) is 2.68. The number of sulfonamides is 1. The second-order valence-electron chi connectivity index (χ2n) is 6.08. The van der Waals surface area contributed by atoms with Crippen molar-refractivity contribution in [3.63, 3.8) is 0 Å². The minimum atomic E-state index is -3.92. The maximum absolute atomic E-state index is 13.0. The normalized spacial score (nSPS) is 11.9. The van der Waals surface area contributed by atoms with Crippen molar-refractivity contribution in [2.75, 3.05) is 0 Å². The molecule has 4 nitrogen and oxygen atoms in total. The molecule has 0 aliphatic carbocycles. The van der Waals surface area contributed by atoms with Crippen LogP contribution in [0.2, 0.25) is 0 Å². The average molecular weight is 365 g/mol. The number of aldehydes is 1. The lowest BCUT2D eigenvalue weighted by molar-refractivity contribution is -0.111. The molecule has 0 aliphatic heterocycles. The Bertz CT molecular complexity index is 943. The Kier molecular flexibility index (Phi) is 5.02. The van der Waals surface area contributed by atoms with Gasteiger partial charge in [0.25, 0.3) is 0 Å². The van der Waals surface area contributed by atoms with Crippen molar-refractivity contribution in [2.45, 2.75) is 17.4 Å². The van der Waals surface area contributed by atoms with E-state index in [-0.39, 0.29) is 4.90 Å². The van der Waals surface area contributed by atoms with Crippen LogP contribution in [0.25, 0.3) is 0 Å². The van der Waals surface area contributed by atoms with Gasteiger partial charge in [0.2, 0.25) is 10.0 Å². The third kappa shape index (κ3) is 3.45. The summed E-state index contributed by atoms with van der Waals surface area (Å²) in [6.45, 7) is 1.88. The standard InChI is InChI=1S/C21H19NO3S/c1-17-12-14-20(15-13-17)26(24,25)22-21(16-23,18-8-4-2-5-9-18)19-10-6-3-7-11-19/h2-16,22H,1H3. The van der Waals surface area contributed by atoms with Crippen molar-refractivity contribution >= 4 is 16.3 Å². The highest BCUT2D eigenvalue weighted by atomic mass is 32.2. The lowest BCUT2D eigenvalue weighted by Crippen LogP contribution is -2.48. The van der Waals surface area contributed by atoms with Crippen LogP contribution >= 0.6 is 0 Å². The minimum absolute atomic E-state index is 0.112. The first-order valence-electron chi connectivity index (χ1n) is 8.16. The van der Waals surface area contributed by atoms with Crippen molar-refractivity contribution in [1.29, 1.82) is 0 Å². The van der Waals surface area contributed by atoms with Crippen LogP contribution in [0.15, 0.2) is 89.8 Å². The van der Waals surface area contributed by atoms with Gasteiger partial charge in [0, 0.05) is 0 Å². The zero-order valence-corrected chi connectivity index (χ0v) is 15.1. The smallest absolute Gasteiger partial charge is 0.242 e. The molecular weight excluding hydrogens is 346 g/mol. The summed E-state index contributed by atoms with van der Waals surface area (Å²) in [7, 11) is -3.92. The minimum Gasteiger partial charge on any atom is -0.300 e. The molecule has 0 saturated carbocycles. The van der Waals surface area contributed by atoms with Crippen LogP contribution in [0.5, 0.6) is 0 Å². The topological polar surface area (TPSA) is 63.2 Å². The summed E-state index contributed by atoms with van der Waals surface area (Å²) >= 11 is 0. The van der Waals surface area contributed by atoms with E-state index in [1.807, 2.05) is 19.1 Å². The first-order chi connectivity index (χ1) is 12.5. The molecular formula is C21H19NO3S. The van der Waals surface area contributed by atoms with Crippen molar-refractivity contribution < 1.29 is 13.2 Å². The number of carbonyl (C=O) groups is 1. The highest BCUT2D eigenvalue weighted by Gasteiger charge is 2.38. The summed E-state index contributed by atoms with van der Waals surface area (Å²) in [6.07, 6.45) is 0.642. The molecule has 0 unspecified atom stereocenters. The molecule has 0 heterocycles. The summed E-state index contributed by atoms with van der Waals surface area (Å²) in [4.78, 5) is 12.4. The third-order valence-corrected chi connectivity index (χ3v) is 5.75. The molecule has 0 aromatic heterocycles. The molecule has 0 saturated heterocycles. The van der Waals surface area contributed by atoms with E-state index in [0.717, 1.165) is 5.56 Å². The molecule has 0 radical (unpaired) electrons. The predicted octanol–water partition coefficient (Wildman–Crippen LogP) is 3.42. The van der Waals surface area contributed by atoms with E-state index in [1.54, 1.807) is 60.7 Å². The van der Waals surface area contributed by atoms with E-state index in [1.165, 1.54) is 12.1 Å². The molecule has 0 amide bonds. The summed E-state index contributed by atoms with van der Waals surface area (Å²) < 4.78 is 28.6. The first-order valence-corrected chi connectivity index (χ1v) is 9.64. The highest BCUT2D eigenvalue weighted by Crippen LogP contribution is 2.30. The third-order valence-electron chi connectivity index (χ3n) is 4.26. The zero-order chi connectivity index (χ0) is 18.6. The molecule has 0 fully saturated rings. The van der Waals surface area contributed by atoms with Gasteiger partial charge >= 0.3 is 0 Å². The van der Waals surface area contributed by atoms with Crippen LogP contribution in [0.3, 0.4) is 0 Å². The van der Waals surface area contributed by atoms with Gasteiger partial charge in [-0.15, -0.1) is 0 Å². The molecule has 1 N–H and O–H groups in total. The second kappa shape index (κ2) is 7.23. The van der Waals surface area contributed by atoms with Crippen LogP contribution in [-0.4, -0.2) is 14.7 Å². The second-order valence-corrected chi connectivity index (χ2v) is 7.76. The zero-order valence-electron chi connectivity index (χ0n) is 14.3. The summed E-state index contributed by atoms with van der Waals surface area (Å²) in [5.74, 6) is 0. The van der Waals surface area contributed by atoms with Crippen molar-refractivity contribution in [3.8, 4) is 0 Å². The molecule has 132 valence electrons. The van der Waals surface area contributed by atoms with E-state index in [4.69, 9.17) is 0 Å². The fraction of sp³-hybridized carbons (Fsp3) is 0.0952. The van der Waals surface area contributed by atoms with Gasteiger partial charge in [-0.3, -0.25) is 0 Å². The van der Waals surface area contributed by atoms with Crippen LogP contribution in [-0.2, 0) is 20.4 Å². The molecule has 26 heavy (non-hydrogen) atoms. The number of hydrogen-bond donors (Lipinski definition) is 1. The fourth-order valence-electron chi connectivity index (χ4n) is 2.84. The van der Waals surface area contributed by atoms with Gasteiger partial charge in [-0.25, -0.2) is 8.42 Å². The number of hydrogen-bond acceptors (Lipinski definition) is 3. The lowest BCUT2D eigenvalue weighted by Gasteiger charge is -2.30. The summed E-state index contributed by atoms with van der Waals surface area (Å²) in [6, 6.07) is 24.2. The number of nitrogens with one attached hydrogen (secondary N) is 1. The fourth-order valence-corrected chi connectivity index (χ4v) is 4.15. The molecule has 5 heteroatoms. The van der Waals surface area contributed by atoms with Gasteiger partial charge in [0.1, 0.15) is 11.8 Å². The van der Waals surface area contributed by atoms with Crippen LogP contribution in [0, 0.1) is 6.92 Å². The number of benzene rings is 3. The SMILES string of the molecule is Cc1ccc(S(=O)(=O)NC(C=O)(c2ccccc2)c2ccccc2)cc1. The predicted molar refractivity (Wildman–Crippen MR) is 101 cm³/mol. The Balaban J connectivity index is 2.16. The largest absolute Gasteiger partial charge is 0.300 e. The Morgan fingerprint density at radius 2 is 1.23 bits per heavy atom. The number of carbonyl (C=O) groups excluding carboxylic acids is 1.